The molecule has 12 heteroatoms. The van der Waals surface area contributed by atoms with Gasteiger partial charge in [-0.3, -0.25) is 15.0 Å². The van der Waals surface area contributed by atoms with Gasteiger partial charge in [-0.15, -0.1) is 0 Å². The van der Waals surface area contributed by atoms with E-state index in [4.69, 9.17) is 14.5 Å². The second kappa shape index (κ2) is 9.26. The van der Waals surface area contributed by atoms with Gasteiger partial charge in [-0.1, -0.05) is 31.2 Å². The lowest BCUT2D eigenvalue weighted by Gasteiger charge is -2.41. The molecule has 11 nitrogen and oxygen atoms in total. The molecular formula is C25H35FN8O3. The molecule has 0 radical (unpaired) electrons. The zero-order valence-corrected chi connectivity index (χ0v) is 21.0. The first-order valence-electron chi connectivity index (χ1n) is 13.5. The highest BCUT2D eigenvalue weighted by Gasteiger charge is 2.49. The van der Waals surface area contributed by atoms with Crippen molar-refractivity contribution in [2.75, 3.05) is 39.4 Å². The number of guanidine groups is 1. The molecule has 0 aromatic rings. The van der Waals surface area contributed by atoms with Gasteiger partial charge in [-0.05, 0) is 12.8 Å². The van der Waals surface area contributed by atoms with Crippen molar-refractivity contribution in [1.29, 1.82) is 0 Å². The minimum Gasteiger partial charge on any atom is -0.379 e. The summed E-state index contributed by atoms with van der Waals surface area (Å²) in [5, 5.41) is 14.4. The Bertz CT molecular complexity index is 1050. The van der Waals surface area contributed by atoms with Crippen molar-refractivity contribution in [3.8, 4) is 0 Å². The van der Waals surface area contributed by atoms with Crippen LogP contribution in [0.25, 0.3) is 0 Å². The van der Waals surface area contributed by atoms with E-state index in [9.17, 15) is 9.18 Å². The van der Waals surface area contributed by atoms with Gasteiger partial charge >= 0.3 is 0 Å². The minimum absolute atomic E-state index is 0.0856. The normalized spacial score (nSPS) is 38.9. The first-order valence-corrected chi connectivity index (χ1v) is 13.5. The van der Waals surface area contributed by atoms with Crippen molar-refractivity contribution in [2.24, 2.45) is 10.9 Å². The van der Waals surface area contributed by atoms with Crippen molar-refractivity contribution in [3.63, 3.8) is 0 Å². The predicted octanol–water partition coefficient (Wildman–Crippen LogP) is -0.661. The SMILES string of the molecule is CCC1NC2C=CC=CC2N1C1=NC2=C(NC(OC3CN(C(=O)C4C[C@H]4F)C3)N2)C(N2CCOCC2)N1. The number of hydrogen-bond donors (Lipinski definition) is 4. The fraction of sp³-hybridized carbons (Fsp3) is 0.680. The zero-order chi connectivity index (χ0) is 25.1. The number of halogens is 1. The number of likely N-dealkylation sites (tertiary alicyclic amines) is 1. The van der Waals surface area contributed by atoms with Crippen LogP contribution >= 0.6 is 0 Å². The Morgan fingerprint density at radius 2 is 1.97 bits per heavy atom. The largest absolute Gasteiger partial charge is 0.379 e. The fourth-order valence-corrected chi connectivity index (χ4v) is 6.07. The maximum absolute atomic E-state index is 13.3. The third-order valence-corrected chi connectivity index (χ3v) is 8.27. The van der Waals surface area contributed by atoms with Crippen LogP contribution < -0.4 is 21.3 Å². The van der Waals surface area contributed by atoms with Crippen molar-refractivity contribution >= 4 is 11.9 Å². The lowest BCUT2D eigenvalue weighted by molar-refractivity contribution is -0.153. The predicted molar refractivity (Wildman–Crippen MR) is 133 cm³/mol. The van der Waals surface area contributed by atoms with Crippen LogP contribution in [0.15, 0.2) is 40.8 Å². The summed E-state index contributed by atoms with van der Waals surface area (Å²) < 4.78 is 25.1. The van der Waals surface area contributed by atoms with Gasteiger partial charge < -0.3 is 35.2 Å². The van der Waals surface area contributed by atoms with E-state index >= 15 is 0 Å². The fourth-order valence-electron chi connectivity index (χ4n) is 6.07. The topological polar surface area (TPSA) is 106 Å². The molecule has 5 heterocycles. The number of alkyl halides is 1. The molecule has 0 aromatic carbocycles. The van der Waals surface area contributed by atoms with Crippen LogP contribution in [0.2, 0.25) is 0 Å². The molecule has 0 bridgehead atoms. The van der Waals surface area contributed by atoms with E-state index in [1.165, 1.54) is 0 Å². The smallest absolute Gasteiger partial charge is 0.228 e. The van der Waals surface area contributed by atoms with Crippen LogP contribution in [0, 0.1) is 5.92 Å². The van der Waals surface area contributed by atoms with E-state index in [0.29, 0.717) is 32.7 Å². The van der Waals surface area contributed by atoms with Crippen LogP contribution in [0.1, 0.15) is 19.8 Å². The number of carbonyl (C=O) groups is 1. The quantitative estimate of drug-likeness (QED) is 0.381. The highest BCUT2D eigenvalue weighted by atomic mass is 19.1. The average Bonchev–Trinajstić information content (AvgIpc) is 3.32. The molecule has 0 spiro atoms. The number of carbonyl (C=O) groups excluding carboxylic acids is 1. The minimum atomic E-state index is -0.966. The van der Waals surface area contributed by atoms with Crippen molar-refractivity contribution in [2.45, 2.75) is 62.8 Å². The lowest BCUT2D eigenvalue weighted by Crippen LogP contribution is -2.61. The molecule has 200 valence electrons. The highest BCUT2D eigenvalue weighted by molar-refractivity contribution is 5.84. The molecule has 4 fully saturated rings. The molecule has 7 rings (SSSR count). The number of hydrogen-bond acceptors (Lipinski definition) is 10. The van der Waals surface area contributed by atoms with Crippen LogP contribution in [0.3, 0.4) is 0 Å². The number of allylic oxidation sites excluding steroid dienone is 2. The summed E-state index contributed by atoms with van der Waals surface area (Å²) in [5.74, 6) is 1.08. The maximum atomic E-state index is 13.3. The van der Waals surface area contributed by atoms with E-state index in [-0.39, 0.29) is 36.4 Å². The lowest BCUT2D eigenvalue weighted by atomic mass is 10.0. The number of ether oxygens (including phenoxy) is 2. The third-order valence-electron chi connectivity index (χ3n) is 8.27. The van der Waals surface area contributed by atoms with Crippen molar-refractivity contribution < 1.29 is 18.7 Å². The molecule has 6 unspecified atom stereocenters. The van der Waals surface area contributed by atoms with E-state index in [1.54, 1.807) is 4.90 Å². The van der Waals surface area contributed by atoms with Gasteiger partial charge in [-0.25, -0.2) is 4.39 Å². The van der Waals surface area contributed by atoms with Gasteiger partial charge in [0.1, 0.15) is 12.3 Å². The molecule has 0 aromatic heterocycles. The highest BCUT2D eigenvalue weighted by Crippen LogP contribution is 2.37. The molecule has 1 saturated carbocycles. The molecule has 7 atom stereocenters. The number of aliphatic imine (C=N–C) groups is 1. The number of amides is 1. The first kappa shape index (κ1) is 23.4. The molecule has 1 amide bonds. The van der Waals surface area contributed by atoms with E-state index < -0.39 is 18.4 Å². The van der Waals surface area contributed by atoms with Gasteiger partial charge in [0.25, 0.3) is 0 Å². The molecule has 7 aliphatic rings. The summed E-state index contributed by atoms with van der Waals surface area (Å²) in [5.41, 5.74) is 0.956. The van der Waals surface area contributed by atoms with E-state index in [1.807, 2.05) is 0 Å². The Morgan fingerprint density at radius 1 is 1.19 bits per heavy atom. The molecular weight excluding hydrogens is 479 g/mol. The monoisotopic (exact) mass is 514 g/mol. The van der Waals surface area contributed by atoms with Crippen LogP contribution in [0.4, 0.5) is 4.39 Å². The number of fused-ring (bicyclic) bond motifs is 1. The molecule has 4 N–H and O–H groups in total. The third kappa shape index (κ3) is 4.19. The van der Waals surface area contributed by atoms with Crippen molar-refractivity contribution in [1.82, 2.24) is 36.0 Å². The Morgan fingerprint density at radius 3 is 2.73 bits per heavy atom. The van der Waals surface area contributed by atoms with Crippen LogP contribution in [-0.4, -0.2) is 109 Å². The average molecular weight is 515 g/mol. The molecule has 37 heavy (non-hydrogen) atoms. The Balaban J connectivity index is 1.07. The Hall–Kier alpha value is -2.67. The molecule has 5 aliphatic heterocycles. The second-order valence-corrected chi connectivity index (χ2v) is 10.7. The summed E-state index contributed by atoms with van der Waals surface area (Å²) in [4.78, 5) is 23.7. The maximum Gasteiger partial charge on any atom is 0.228 e. The summed E-state index contributed by atoms with van der Waals surface area (Å²) in [7, 11) is 0. The summed E-state index contributed by atoms with van der Waals surface area (Å²) in [6, 6.07) is 0.430. The standard InChI is InChI=1S/C25H35FN8O3/c1-2-19-27-17-5-3-4-6-18(17)34(19)24-29-21-20(22(31-24)32-7-9-36-10-8-32)28-25(30-21)37-14-12-33(13-14)23(35)15-11-16(15)26/h3-6,14-19,22,25,27-28,30H,2,7-13H2,1H3,(H,29,31)/t15?,16-,17?,18?,19?,22?,25?/m1/s1. The number of nitrogens with zero attached hydrogens (tertiary/aromatic N) is 4. The second-order valence-electron chi connectivity index (χ2n) is 10.7. The van der Waals surface area contributed by atoms with Crippen LogP contribution in [0.5, 0.6) is 0 Å². The number of morpholine rings is 1. The Kier molecular flexibility index (Phi) is 5.87. The van der Waals surface area contributed by atoms with Gasteiger partial charge in [0.15, 0.2) is 5.82 Å². The first-order chi connectivity index (χ1) is 18.1. The summed E-state index contributed by atoms with van der Waals surface area (Å²) in [6.45, 7) is 6.18. The molecule has 3 saturated heterocycles. The van der Waals surface area contributed by atoms with Gasteiger partial charge in [0.05, 0.1) is 49.2 Å². The number of nitrogens with one attached hydrogen (secondary N) is 4. The van der Waals surface area contributed by atoms with Gasteiger partial charge in [-0.2, -0.15) is 4.99 Å². The van der Waals surface area contributed by atoms with Crippen LogP contribution in [-0.2, 0) is 14.3 Å². The summed E-state index contributed by atoms with van der Waals surface area (Å²) in [6.07, 6.45) is 8.50. The Labute approximate surface area is 215 Å². The van der Waals surface area contributed by atoms with Gasteiger partial charge in [0, 0.05) is 26.2 Å². The van der Waals surface area contributed by atoms with Crippen molar-refractivity contribution in [3.05, 3.63) is 35.8 Å². The zero-order valence-electron chi connectivity index (χ0n) is 21.0. The van der Waals surface area contributed by atoms with E-state index in [2.05, 4.69) is 62.3 Å². The van der Waals surface area contributed by atoms with E-state index in [0.717, 1.165) is 37.0 Å². The summed E-state index contributed by atoms with van der Waals surface area (Å²) >= 11 is 0. The van der Waals surface area contributed by atoms with Gasteiger partial charge in [0.2, 0.25) is 18.2 Å². The number of rotatable bonds is 5. The molecule has 2 aliphatic carbocycles.